The van der Waals surface area contributed by atoms with Crippen LogP contribution in [0.25, 0.3) is 0 Å². The molecule has 0 amide bonds. The van der Waals surface area contributed by atoms with Crippen LogP contribution < -0.4 is 5.32 Å². The first-order valence-electron chi connectivity index (χ1n) is 6.30. The number of nitro groups is 1. The molecule has 1 aromatic rings. The summed E-state index contributed by atoms with van der Waals surface area (Å²) in [6.07, 6.45) is 5.26. The fraction of sp³-hybridized carbons (Fsp3) is 0.538. The Kier molecular flexibility index (Phi) is 4.55. The first-order chi connectivity index (χ1) is 8.66. The van der Waals surface area contributed by atoms with Gasteiger partial charge in [-0.1, -0.05) is 30.5 Å². The molecule has 0 unspecified atom stereocenters. The van der Waals surface area contributed by atoms with E-state index in [1.54, 1.807) is 6.07 Å². The van der Waals surface area contributed by atoms with E-state index in [0.29, 0.717) is 6.54 Å². The summed E-state index contributed by atoms with van der Waals surface area (Å²) in [6, 6.07) is 4.94. The molecule has 1 aliphatic rings. The lowest BCUT2D eigenvalue weighted by Gasteiger charge is -2.05. The third-order valence-corrected chi connectivity index (χ3v) is 3.52. The van der Waals surface area contributed by atoms with Crippen molar-refractivity contribution in [1.82, 2.24) is 5.32 Å². The monoisotopic (exact) mass is 268 g/mol. The number of benzene rings is 1. The average Bonchev–Trinajstić information content (AvgIpc) is 3.14. The van der Waals surface area contributed by atoms with E-state index in [-0.39, 0.29) is 10.7 Å². The summed E-state index contributed by atoms with van der Waals surface area (Å²) in [4.78, 5) is 10.3. The summed E-state index contributed by atoms with van der Waals surface area (Å²) in [5, 5.41) is 14.2. The second kappa shape index (κ2) is 6.16. The average molecular weight is 269 g/mol. The van der Waals surface area contributed by atoms with Crippen LogP contribution in [0.4, 0.5) is 5.69 Å². The van der Waals surface area contributed by atoms with Gasteiger partial charge in [0, 0.05) is 12.6 Å². The van der Waals surface area contributed by atoms with Gasteiger partial charge in [0.1, 0.15) is 5.02 Å². The van der Waals surface area contributed by atoms with Crippen molar-refractivity contribution in [3.63, 3.8) is 0 Å². The van der Waals surface area contributed by atoms with Gasteiger partial charge in [-0.2, -0.15) is 0 Å². The molecule has 0 spiro atoms. The summed E-state index contributed by atoms with van der Waals surface area (Å²) < 4.78 is 0. The maximum absolute atomic E-state index is 10.7. The van der Waals surface area contributed by atoms with Gasteiger partial charge in [-0.15, -0.1) is 0 Å². The van der Waals surface area contributed by atoms with E-state index in [4.69, 9.17) is 11.6 Å². The molecule has 18 heavy (non-hydrogen) atoms. The van der Waals surface area contributed by atoms with Gasteiger partial charge in [0.05, 0.1) is 4.92 Å². The minimum atomic E-state index is -0.446. The normalized spacial score (nSPS) is 14.7. The summed E-state index contributed by atoms with van der Waals surface area (Å²) >= 11 is 5.75. The Morgan fingerprint density at radius 1 is 1.44 bits per heavy atom. The van der Waals surface area contributed by atoms with Crippen LogP contribution in [0.15, 0.2) is 18.2 Å². The van der Waals surface area contributed by atoms with Crippen LogP contribution in [0.2, 0.25) is 5.02 Å². The van der Waals surface area contributed by atoms with Gasteiger partial charge in [-0.05, 0) is 36.9 Å². The highest BCUT2D eigenvalue weighted by Crippen LogP contribution is 2.33. The molecule has 0 bridgehead atoms. The lowest BCUT2D eigenvalue weighted by molar-refractivity contribution is -0.384. The van der Waals surface area contributed by atoms with Gasteiger partial charge in [0.15, 0.2) is 0 Å². The molecule has 0 aromatic heterocycles. The van der Waals surface area contributed by atoms with Gasteiger partial charge in [-0.25, -0.2) is 0 Å². The fourth-order valence-electron chi connectivity index (χ4n) is 1.96. The number of nitrogens with zero attached hydrogens (tertiary/aromatic N) is 1. The molecule has 0 atom stereocenters. The summed E-state index contributed by atoms with van der Waals surface area (Å²) in [5.74, 6) is 0.961. The Balaban J connectivity index is 1.77. The molecule has 1 N–H and O–H groups in total. The summed E-state index contributed by atoms with van der Waals surface area (Å²) in [7, 11) is 0. The predicted molar refractivity (Wildman–Crippen MR) is 71.8 cm³/mol. The Hall–Kier alpha value is -1.13. The van der Waals surface area contributed by atoms with Crippen LogP contribution in [0.1, 0.15) is 31.2 Å². The second-order valence-corrected chi connectivity index (χ2v) is 5.21. The van der Waals surface area contributed by atoms with Gasteiger partial charge >= 0.3 is 0 Å². The molecule has 1 saturated carbocycles. The van der Waals surface area contributed by atoms with Crippen LogP contribution in [-0.2, 0) is 6.54 Å². The third kappa shape index (κ3) is 3.96. The largest absolute Gasteiger partial charge is 0.313 e. The molecule has 5 heteroatoms. The fourth-order valence-corrected chi connectivity index (χ4v) is 2.15. The van der Waals surface area contributed by atoms with Crippen LogP contribution in [0, 0.1) is 16.0 Å². The van der Waals surface area contributed by atoms with Crippen LogP contribution in [-0.4, -0.2) is 11.5 Å². The molecule has 98 valence electrons. The maximum Gasteiger partial charge on any atom is 0.288 e. The summed E-state index contributed by atoms with van der Waals surface area (Å²) in [6.45, 7) is 1.62. The molecule has 0 aliphatic heterocycles. The zero-order valence-corrected chi connectivity index (χ0v) is 10.9. The van der Waals surface area contributed by atoms with Crippen molar-refractivity contribution in [1.29, 1.82) is 0 Å². The van der Waals surface area contributed by atoms with E-state index < -0.39 is 4.92 Å². The van der Waals surface area contributed by atoms with E-state index in [1.165, 1.54) is 31.7 Å². The van der Waals surface area contributed by atoms with Gasteiger partial charge in [0.2, 0.25) is 0 Å². The molecular weight excluding hydrogens is 252 g/mol. The molecule has 4 nitrogen and oxygen atoms in total. The molecule has 1 fully saturated rings. The smallest absolute Gasteiger partial charge is 0.288 e. The lowest BCUT2D eigenvalue weighted by atomic mass is 10.2. The van der Waals surface area contributed by atoms with Crippen molar-refractivity contribution in [3.05, 3.63) is 38.9 Å². The molecule has 0 radical (unpaired) electrons. The highest BCUT2D eigenvalue weighted by molar-refractivity contribution is 6.32. The third-order valence-electron chi connectivity index (χ3n) is 3.20. The number of halogens is 1. The van der Waals surface area contributed by atoms with Crippen LogP contribution >= 0.6 is 11.6 Å². The molecule has 1 aromatic carbocycles. The maximum atomic E-state index is 10.7. The Morgan fingerprint density at radius 3 is 2.89 bits per heavy atom. The topological polar surface area (TPSA) is 55.2 Å². The van der Waals surface area contributed by atoms with Crippen molar-refractivity contribution in [2.24, 2.45) is 5.92 Å². The van der Waals surface area contributed by atoms with Crippen LogP contribution in [0.5, 0.6) is 0 Å². The first-order valence-corrected chi connectivity index (χ1v) is 6.68. The predicted octanol–water partition coefficient (Wildman–Crippen LogP) is 3.53. The Bertz CT molecular complexity index is 433. The van der Waals surface area contributed by atoms with E-state index in [9.17, 15) is 10.1 Å². The van der Waals surface area contributed by atoms with E-state index in [0.717, 1.165) is 18.0 Å². The quantitative estimate of drug-likeness (QED) is 0.468. The van der Waals surface area contributed by atoms with Crippen LogP contribution in [0.3, 0.4) is 0 Å². The first kappa shape index (κ1) is 13.3. The molecule has 2 rings (SSSR count). The number of hydrogen-bond acceptors (Lipinski definition) is 3. The minimum Gasteiger partial charge on any atom is -0.313 e. The van der Waals surface area contributed by atoms with Gasteiger partial charge in [-0.3, -0.25) is 10.1 Å². The van der Waals surface area contributed by atoms with E-state index in [1.807, 2.05) is 6.07 Å². The highest BCUT2D eigenvalue weighted by Gasteiger charge is 2.19. The number of nitrogens with one attached hydrogen (secondary N) is 1. The molecule has 0 heterocycles. The van der Waals surface area contributed by atoms with Crippen molar-refractivity contribution in [3.8, 4) is 0 Å². The van der Waals surface area contributed by atoms with E-state index >= 15 is 0 Å². The van der Waals surface area contributed by atoms with E-state index in [2.05, 4.69) is 5.32 Å². The van der Waals surface area contributed by atoms with Crippen molar-refractivity contribution < 1.29 is 4.92 Å². The van der Waals surface area contributed by atoms with Gasteiger partial charge in [0.25, 0.3) is 5.69 Å². The lowest BCUT2D eigenvalue weighted by Crippen LogP contribution is -2.14. The zero-order valence-electron chi connectivity index (χ0n) is 10.2. The molecule has 0 saturated heterocycles. The SMILES string of the molecule is O=[N+]([O-])c1cc(CNCCCC2CC2)ccc1Cl. The Morgan fingerprint density at radius 2 is 2.22 bits per heavy atom. The van der Waals surface area contributed by atoms with Gasteiger partial charge < -0.3 is 5.32 Å². The molecular formula is C13H17ClN2O2. The minimum absolute atomic E-state index is 0.0195. The highest BCUT2D eigenvalue weighted by atomic mass is 35.5. The number of rotatable bonds is 7. The van der Waals surface area contributed by atoms with Crippen molar-refractivity contribution in [2.75, 3.05) is 6.54 Å². The second-order valence-electron chi connectivity index (χ2n) is 4.81. The number of hydrogen-bond donors (Lipinski definition) is 1. The Labute approximate surface area is 111 Å². The standard InChI is InChI=1S/C13H17ClN2O2/c14-12-6-5-11(8-13(12)16(17)18)9-15-7-1-2-10-3-4-10/h5-6,8,10,15H,1-4,7,9H2. The van der Waals surface area contributed by atoms with Crippen molar-refractivity contribution >= 4 is 17.3 Å². The van der Waals surface area contributed by atoms with Crippen molar-refractivity contribution in [2.45, 2.75) is 32.2 Å². The summed E-state index contributed by atoms with van der Waals surface area (Å²) in [5.41, 5.74) is 0.881. The zero-order chi connectivity index (χ0) is 13.0. The molecule has 1 aliphatic carbocycles. The number of nitro benzene ring substituents is 1.